The quantitative estimate of drug-likeness (QED) is 0.136. The van der Waals surface area contributed by atoms with E-state index in [0.29, 0.717) is 91.4 Å². The fourth-order valence-electron chi connectivity index (χ4n) is 8.03. The topological polar surface area (TPSA) is 137 Å². The van der Waals surface area contributed by atoms with Crippen molar-refractivity contribution in [1.82, 2.24) is 34.4 Å². The van der Waals surface area contributed by atoms with Crippen LogP contribution in [0.2, 0.25) is 5.02 Å². The highest BCUT2D eigenvalue weighted by molar-refractivity contribution is 6.34. The Bertz CT molecular complexity index is 2790. The van der Waals surface area contributed by atoms with Gasteiger partial charge >= 0.3 is 5.97 Å². The van der Waals surface area contributed by atoms with E-state index in [-0.39, 0.29) is 24.7 Å². The molecule has 4 aromatic carbocycles. The molecule has 2 aliphatic rings. The van der Waals surface area contributed by atoms with Gasteiger partial charge < -0.3 is 29.0 Å². The molecule has 0 amide bonds. The zero-order chi connectivity index (χ0) is 42.9. The summed E-state index contributed by atoms with van der Waals surface area (Å²) in [6, 6.07) is 23.1. The van der Waals surface area contributed by atoms with Crippen molar-refractivity contribution in [2.45, 2.75) is 26.1 Å². The molecule has 5 heterocycles. The summed E-state index contributed by atoms with van der Waals surface area (Å²) in [7, 11) is 3.72. The van der Waals surface area contributed by atoms with E-state index in [1.54, 1.807) is 42.2 Å². The van der Waals surface area contributed by atoms with Crippen molar-refractivity contribution in [2.24, 2.45) is 0 Å². The van der Waals surface area contributed by atoms with Crippen LogP contribution in [0.25, 0.3) is 50.3 Å². The van der Waals surface area contributed by atoms with E-state index in [0.717, 1.165) is 37.3 Å². The lowest BCUT2D eigenvalue weighted by atomic mass is 9.90. The Kier molecular flexibility index (Phi) is 11.4. The smallest absolute Gasteiger partial charge is 0.345 e. The van der Waals surface area contributed by atoms with Gasteiger partial charge in [0.25, 0.3) is 0 Å². The highest BCUT2D eigenvalue weighted by Gasteiger charge is 2.30. The van der Waals surface area contributed by atoms with Gasteiger partial charge in [0, 0.05) is 68.2 Å². The molecule has 13 nitrogen and oxygen atoms in total. The summed E-state index contributed by atoms with van der Waals surface area (Å²) in [6.45, 7) is 6.90. The number of methoxy groups -OCH3 is 1. The summed E-state index contributed by atoms with van der Waals surface area (Å²) < 4.78 is 40.9. The SMILES string of the molecule is COc1ccccc1-c1nccc(COc2ccc3cc2C[C@H](C(=O)O)Oc2ncnn4cc(-c5ccc(F)cc5)c(c24)-c2cc-3c(OCCN3CCN(C)CC3)c(Cl)c2C)n1. The van der Waals surface area contributed by atoms with Crippen LogP contribution in [-0.4, -0.2) is 105 Å². The number of halogens is 2. The third-order valence-corrected chi connectivity index (χ3v) is 11.9. The van der Waals surface area contributed by atoms with Gasteiger partial charge in [0.15, 0.2) is 5.82 Å². The van der Waals surface area contributed by atoms with Crippen molar-refractivity contribution < 1.29 is 33.2 Å². The standard InChI is InChI=1S/C47H43ClFN7O6/c1-28-35-24-36(44(42(28)48)60-21-20-55-18-16-54(2)17-19-55)30-10-13-38(61-26-33-14-15-50-45(53-33)34-6-4-5-7-39(34)59-3)31(22-30)23-40(47(57)58)62-46-43-41(35)37(25-56(43)52-27-51-46)29-8-11-32(49)12-9-29/h4-15,22,24-25,27,40H,16-21,23,26H2,1-3H3,(H,57,58)/t40-/m1/s1. The van der Waals surface area contributed by atoms with Gasteiger partial charge in [-0.25, -0.2) is 23.7 Å². The van der Waals surface area contributed by atoms with Crippen molar-refractivity contribution in [2.75, 3.05) is 53.5 Å². The number of para-hydroxylation sites is 1. The number of carboxylic acid groups (broad SMARTS) is 1. The normalized spacial score (nSPS) is 15.3. The average Bonchev–Trinajstić information content (AvgIpc) is 3.68. The van der Waals surface area contributed by atoms with Crippen molar-refractivity contribution in [1.29, 1.82) is 0 Å². The minimum Gasteiger partial charge on any atom is -0.496 e. The number of hydrogen-bond donors (Lipinski definition) is 1. The highest BCUT2D eigenvalue weighted by atomic mass is 35.5. The van der Waals surface area contributed by atoms with Crippen molar-refractivity contribution >= 4 is 23.1 Å². The Morgan fingerprint density at radius 1 is 0.919 bits per heavy atom. The number of rotatable bonds is 11. The Morgan fingerprint density at radius 2 is 1.71 bits per heavy atom. The monoisotopic (exact) mass is 855 g/mol. The summed E-state index contributed by atoms with van der Waals surface area (Å²) in [5.41, 5.74) is 7.17. The molecule has 4 bridgehead atoms. The van der Waals surface area contributed by atoms with Crippen LogP contribution >= 0.6 is 11.6 Å². The van der Waals surface area contributed by atoms with Gasteiger partial charge in [-0.15, -0.1) is 0 Å². The van der Waals surface area contributed by atoms with Crippen LogP contribution in [0.15, 0.2) is 97.6 Å². The molecule has 1 N–H and O–H groups in total. The molecule has 7 aromatic rings. The van der Waals surface area contributed by atoms with E-state index >= 15 is 0 Å². The number of ether oxygens (including phenoxy) is 4. The first-order chi connectivity index (χ1) is 30.1. The fourth-order valence-corrected chi connectivity index (χ4v) is 8.29. The number of benzene rings is 4. The summed E-state index contributed by atoms with van der Waals surface area (Å²) in [4.78, 5) is 31.5. The number of aliphatic carboxylic acids is 1. The zero-order valence-electron chi connectivity index (χ0n) is 34.3. The molecule has 3 aromatic heterocycles. The average molecular weight is 856 g/mol. The van der Waals surface area contributed by atoms with Crippen LogP contribution in [0.3, 0.4) is 0 Å². The van der Waals surface area contributed by atoms with E-state index in [1.807, 2.05) is 55.5 Å². The molecule has 2 aliphatic heterocycles. The molecule has 316 valence electrons. The van der Waals surface area contributed by atoms with Gasteiger partial charge in [0.05, 0.1) is 23.4 Å². The van der Waals surface area contributed by atoms with Crippen LogP contribution in [0.1, 0.15) is 16.8 Å². The van der Waals surface area contributed by atoms with E-state index in [4.69, 9.17) is 35.5 Å². The van der Waals surface area contributed by atoms with Crippen molar-refractivity contribution in [3.05, 3.63) is 125 Å². The van der Waals surface area contributed by atoms with Gasteiger partial charge in [-0.05, 0) is 90.3 Å². The molecular weight excluding hydrogens is 813 g/mol. The number of piperazine rings is 1. The second kappa shape index (κ2) is 17.4. The second-order valence-corrected chi connectivity index (χ2v) is 15.7. The predicted octanol–water partition coefficient (Wildman–Crippen LogP) is 7.89. The van der Waals surface area contributed by atoms with Gasteiger partial charge in [-0.1, -0.05) is 41.9 Å². The number of likely N-dealkylation sites (N-methyl/N-ethyl adjacent to an activating group) is 1. The molecule has 0 unspecified atom stereocenters. The van der Waals surface area contributed by atoms with E-state index in [1.165, 1.54) is 18.5 Å². The molecule has 1 fully saturated rings. The molecule has 0 aliphatic carbocycles. The molecule has 0 saturated carbocycles. The van der Waals surface area contributed by atoms with E-state index in [9.17, 15) is 14.3 Å². The minimum atomic E-state index is -1.40. The molecule has 0 radical (unpaired) electrons. The maximum Gasteiger partial charge on any atom is 0.345 e. The number of nitrogens with zero attached hydrogens (tertiary/aromatic N) is 7. The van der Waals surface area contributed by atoms with Gasteiger partial charge in [0.2, 0.25) is 12.0 Å². The zero-order valence-corrected chi connectivity index (χ0v) is 35.1. The Morgan fingerprint density at radius 3 is 2.50 bits per heavy atom. The Hall–Kier alpha value is -6.61. The first-order valence-corrected chi connectivity index (χ1v) is 20.6. The van der Waals surface area contributed by atoms with E-state index in [2.05, 4.69) is 31.9 Å². The first kappa shape index (κ1) is 40.8. The van der Waals surface area contributed by atoms with Crippen molar-refractivity contribution in [3.8, 4) is 67.9 Å². The Balaban J connectivity index is 1.18. The summed E-state index contributed by atoms with van der Waals surface area (Å²) in [6.07, 6.45) is 3.27. The minimum absolute atomic E-state index is 0.0457. The van der Waals surface area contributed by atoms with Gasteiger partial charge in [0.1, 0.15) is 48.1 Å². The van der Waals surface area contributed by atoms with Gasteiger partial charge in [-0.2, -0.15) is 10.1 Å². The highest BCUT2D eigenvalue weighted by Crippen LogP contribution is 2.49. The van der Waals surface area contributed by atoms with Crippen LogP contribution < -0.4 is 18.9 Å². The number of carboxylic acids is 1. The van der Waals surface area contributed by atoms with Crippen LogP contribution in [0.5, 0.6) is 23.1 Å². The predicted molar refractivity (Wildman–Crippen MR) is 233 cm³/mol. The number of hydrogen-bond acceptors (Lipinski definition) is 11. The van der Waals surface area contributed by atoms with Crippen molar-refractivity contribution in [3.63, 3.8) is 0 Å². The third kappa shape index (κ3) is 8.11. The molecule has 0 spiro atoms. The van der Waals surface area contributed by atoms with Crippen LogP contribution in [0, 0.1) is 12.7 Å². The summed E-state index contributed by atoms with van der Waals surface area (Å²) in [5, 5.41) is 15.6. The molecule has 1 atom stereocenters. The van der Waals surface area contributed by atoms with Crippen LogP contribution in [-0.2, 0) is 17.8 Å². The largest absolute Gasteiger partial charge is 0.496 e. The number of carbonyl (C=O) groups is 1. The molecular formula is C47H43ClFN7O6. The first-order valence-electron chi connectivity index (χ1n) is 20.3. The van der Waals surface area contributed by atoms with E-state index < -0.39 is 12.1 Å². The summed E-state index contributed by atoms with van der Waals surface area (Å²) in [5.74, 6) is 0.504. The lowest BCUT2D eigenvalue weighted by Crippen LogP contribution is -2.45. The fraction of sp³-hybridized carbons (Fsp3) is 0.255. The molecule has 62 heavy (non-hydrogen) atoms. The molecule has 1 saturated heterocycles. The number of aromatic nitrogens is 5. The third-order valence-electron chi connectivity index (χ3n) is 11.4. The number of fused-ring (bicyclic) bond motifs is 6. The second-order valence-electron chi connectivity index (χ2n) is 15.3. The lowest BCUT2D eigenvalue weighted by molar-refractivity contribution is -0.145. The molecule has 15 heteroatoms. The lowest BCUT2D eigenvalue weighted by Gasteiger charge is -2.32. The van der Waals surface area contributed by atoms with Gasteiger partial charge in [-0.3, -0.25) is 4.90 Å². The summed E-state index contributed by atoms with van der Waals surface area (Å²) >= 11 is 7.41. The Labute approximate surface area is 362 Å². The maximum atomic E-state index is 14.3. The van der Waals surface area contributed by atoms with Crippen LogP contribution in [0.4, 0.5) is 4.39 Å². The molecule has 9 rings (SSSR count). The maximum absolute atomic E-state index is 14.3.